The van der Waals surface area contributed by atoms with Gasteiger partial charge in [0.15, 0.2) is 9.84 Å². The number of hydrogen-bond acceptors (Lipinski definition) is 5. The van der Waals surface area contributed by atoms with Gasteiger partial charge in [-0.2, -0.15) is 13.2 Å². The van der Waals surface area contributed by atoms with E-state index in [-0.39, 0.29) is 48.4 Å². The van der Waals surface area contributed by atoms with Crippen molar-refractivity contribution in [1.29, 1.82) is 0 Å². The van der Waals surface area contributed by atoms with E-state index in [9.17, 15) is 34.8 Å². The largest absolute Gasteiger partial charge is 0.481 e. The molecule has 1 unspecified atom stereocenters. The first-order valence-corrected chi connectivity index (χ1v) is 21.7. The highest BCUT2D eigenvalue weighted by Gasteiger charge is 2.37. The molecule has 6 rings (SSSR count). The van der Waals surface area contributed by atoms with Crippen LogP contribution in [-0.4, -0.2) is 44.8 Å². The lowest BCUT2D eigenvalue weighted by molar-refractivity contribution is -0.138. The molecule has 57 heavy (non-hydrogen) atoms. The first kappa shape index (κ1) is 41.7. The van der Waals surface area contributed by atoms with E-state index >= 15 is 0 Å². The Hall–Kier alpha value is -4.95. The molecule has 0 aliphatic rings. The number of alkyl halides is 3. The van der Waals surface area contributed by atoms with Crippen molar-refractivity contribution in [3.8, 4) is 0 Å². The Morgan fingerprint density at radius 1 is 0.789 bits per heavy atom. The van der Waals surface area contributed by atoms with Crippen molar-refractivity contribution >= 4 is 48.3 Å². The van der Waals surface area contributed by atoms with Gasteiger partial charge in [-0.15, -0.1) is 0 Å². The van der Waals surface area contributed by atoms with Crippen LogP contribution in [0.3, 0.4) is 0 Å². The number of benzene rings is 5. The van der Waals surface area contributed by atoms with Crippen molar-refractivity contribution in [2.75, 3.05) is 12.3 Å². The molecule has 0 bridgehead atoms. The number of aliphatic carboxylic acids is 1. The monoisotopic (exact) mass is 836 g/mol. The lowest BCUT2D eigenvalue weighted by atomic mass is 9.97. The molecule has 0 aliphatic heterocycles. The number of aromatic nitrogens is 1. The summed E-state index contributed by atoms with van der Waals surface area (Å²) >= 11 is 6.58. The molecule has 8 nitrogen and oxygen atoms in total. The molecular weight excluding hydrogens is 797 g/mol. The Bertz CT molecular complexity index is 2540. The predicted molar refractivity (Wildman–Crippen MR) is 216 cm³/mol. The lowest BCUT2D eigenvalue weighted by Gasteiger charge is -2.25. The number of carboxylic acids is 1. The summed E-state index contributed by atoms with van der Waals surface area (Å²) in [5.41, 5.74) is 3.03. The minimum atomic E-state index is -4.76. The van der Waals surface area contributed by atoms with E-state index in [2.05, 4.69) is 9.29 Å². The van der Waals surface area contributed by atoms with Crippen LogP contribution in [-0.2, 0) is 50.1 Å². The number of carbonyl (C=O) groups is 1. The molecule has 14 heteroatoms. The number of nitrogens with zero attached hydrogens (tertiary/aromatic N) is 1. The highest BCUT2D eigenvalue weighted by Crippen LogP contribution is 2.39. The number of carboxylic acid groups (broad SMARTS) is 1. The van der Waals surface area contributed by atoms with Gasteiger partial charge in [0.05, 0.1) is 27.5 Å². The number of sulfonamides is 1. The first-order chi connectivity index (χ1) is 27.1. The van der Waals surface area contributed by atoms with Gasteiger partial charge in [0.25, 0.3) is 0 Å². The number of halogens is 4. The maximum atomic E-state index is 13.9. The molecule has 0 spiro atoms. The zero-order valence-corrected chi connectivity index (χ0v) is 33.2. The molecule has 0 amide bonds. The average molecular weight is 837 g/mol. The predicted octanol–water partition coefficient (Wildman–Crippen LogP) is 9.21. The molecule has 298 valence electrons. The third kappa shape index (κ3) is 9.61. The topological polar surface area (TPSA) is 123 Å². The zero-order chi connectivity index (χ0) is 41.0. The van der Waals surface area contributed by atoms with Crippen LogP contribution in [0.4, 0.5) is 13.2 Å². The number of nitrogens with one attached hydrogen (secondary N) is 1. The van der Waals surface area contributed by atoms with E-state index in [0.717, 1.165) is 28.8 Å². The first-order valence-electron chi connectivity index (χ1n) is 18.2. The van der Waals surface area contributed by atoms with Gasteiger partial charge in [0.1, 0.15) is 0 Å². The molecule has 1 atom stereocenters. The number of sulfone groups is 1. The fourth-order valence-electron chi connectivity index (χ4n) is 7.20. The van der Waals surface area contributed by atoms with Gasteiger partial charge in [-0.05, 0) is 84.0 Å². The van der Waals surface area contributed by atoms with E-state index in [1.807, 2.05) is 66.7 Å². The lowest BCUT2D eigenvalue weighted by Crippen LogP contribution is -2.31. The van der Waals surface area contributed by atoms with Gasteiger partial charge in [-0.3, -0.25) is 4.79 Å². The van der Waals surface area contributed by atoms with Gasteiger partial charge >= 0.3 is 12.1 Å². The Morgan fingerprint density at radius 2 is 1.39 bits per heavy atom. The van der Waals surface area contributed by atoms with Gasteiger partial charge < -0.3 is 9.67 Å². The molecule has 0 fully saturated rings. The van der Waals surface area contributed by atoms with E-state index in [4.69, 9.17) is 16.7 Å². The zero-order valence-electron chi connectivity index (χ0n) is 30.8. The molecule has 1 heterocycles. The Kier molecular flexibility index (Phi) is 12.6. The molecule has 1 aromatic heterocycles. The maximum absolute atomic E-state index is 13.9. The summed E-state index contributed by atoms with van der Waals surface area (Å²) < 4.78 is 101. The van der Waals surface area contributed by atoms with Crippen LogP contribution in [0.25, 0.3) is 10.9 Å². The number of hydrogen-bond donors (Lipinski definition) is 2. The third-order valence-electron chi connectivity index (χ3n) is 10.0. The molecule has 5 aromatic carbocycles. The Morgan fingerprint density at radius 3 is 1.98 bits per heavy atom. The van der Waals surface area contributed by atoms with Crippen LogP contribution >= 0.6 is 11.6 Å². The molecule has 2 N–H and O–H groups in total. The van der Waals surface area contributed by atoms with Crippen molar-refractivity contribution in [3.63, 3.8) is 0 Å². The van der Waals surface area contributed by atoms with E-state index < -0.39 is 48.9 Å². The molecule has 0 saturated carbocycles. The summed E-state index contributed by atoms with van der Waals surface area (Å²) in [5.74, 6) is -1.28. The molecule has 6 aromatic rings. The highest BCUT2D eigenvalue weighted by atomic mass is 35.5. The summed E-state index contributed by atoms with van der Waals surface area (Å²) in [4.78, 5) is 11.1. The van der Waals surface area contributed by atoms with Crippen molar-refractivity contribution in [1.82, 2.24) is 9.29 Å². The van der Waals surface area contributed by atoms with E-state index in [1.54, 1.807) is 24.3 Å². The third-order valence-corrected chi connectivity index (χ3v) is 13.8. The van der Waals surface area contributed by atoms with Crippen molar-refractivity contribution in [3.05, 3.63) is 171 Å². The normalized spacial score (nSPS) is 12.9. The standard InChI is InChI=1S/C43H40ClF3N2O6S2/c1-29(35-14-8-9-15-38(35)43(45,46)47)57(54,55)48-26-24-40-36(25-27-56(52,53)34-20-16-30(17-21-34)18-23-41(50)51)37-28-33(44)19-22-39(37)49(40)42(31-10-4-2-5-11-31)32-12-6-3-7-13-32/h2-17,19-22,28-29,42,48H,18,23-27H2,1H3,(H,50,51). The van der Waals surface area contributed by atoms with E-state index in [1.165, 1.54) is 31.2 Å². The molecule has 0 radical (unpaired) electrons. The second-order valence-electron chi connectivity index (χ2n) is 13.7. The molecular formula is C43H40ClF3N2O6S2. The minimum Gasteiger partial charge on any atom is -0.481 e. The van der Waals surface area contributed by atoms with Gasteiger partial charge in [-0.25, -0.2) is 21.6 Å². The summed E-state index contributed by atoms with van der Waals surface area (Å²) in [5, 5.41) is 8.58. The van der Waals surface area contributed by atoms with Gasteiger partial charge in [0.2, 0.25) is 10.0 Å². The van der Waals surface area contributed by atoms with Crippen LogP contribution in [0.5, 0.6) is 0 Å². The Balaban J connectivity index is 1.43. The quantitative estimate of drug-likeness (QED) is 0.100. The minimum absolute atomic E-state index is 0.0146. The second kappa shape index (κ2) is 17.3. The van der Waals surface area contributed by atoms with Crippen molar-refractivity contribution < 1.29 is 39.9 Å². The van der Waals surface area contributed by atoms with Gasteiger partial charge in [-0.1, -0.05) is 103 Å². The van der Waals surface area contributed by atoms with Crippen LogP contribution in [0.1, 0.15) is 63.7 Å². The average Bonchev–Trinajstić information content (AvgIpc) is 3.48. The van der Waals surface area contributed by atoms with Crippen molar-refractivity contribution in [2.24, 2.45) is 0 Å². The van der Waals surface area contributed by atoms with Gasteiger partial charge in [0, 0.05) is 41.0 Å². The summed E-state index contributed by atoms with van der Waals surface area (Å²) in [6.07, 6.45) is -4.54. The van der Waals surface area contributed by atoms with Crippen molar-refractivity contribution in [2.45, 2.75) is 55.0 Å². The van der Waals surface area contributed by atoms with E-state index in [0.29, 0.717) is 27.2 Å². The number of fused-ring (bicyclic) bond motifs is 1. The fraction of sp³-hybridized carbons (Fsp3) is 0.233. The highest BCUT2D eigenvalue weighted by molar-refractivity contribution is 7.91. The molecule has 0 saturated heterocycles. The van der Waals surface area contributed by atoms with Crippen LogP contribution < -0.4 is 4.72 Å². The van der Waals surface area contributed by atoms with Crippen LogP contribution in [0.2, 0.25) is 5.02 Å². The number of aryl methyl sites for hydroxylation is 2. The smallest absolute Gasteiger partial charge is 0.416 e. The number of rotatable bonds is 16. The summed E-state index contributed by atoms with van der Waals surface area (Å²) in [7, 11) is -8.23. The fourth-order valence-corrected chi connectivity index (χ4v) is 9.80. The summed E-state index contributed by atoms with van der Waals surface area (Å²) in [6.45, 7) is 1.00. The molecule has 0 aliphatic carbocycles. The van der Waals surface area contributed by atoms with Crippen LogP contribution in [0, 0.1) is 0 Å². The maximum Gasteiger partial charge on any atom is 0.416 e. The Labute approximate surface area is 334 Å². The second-order valence-corrected chi connectivity index (χ2v) is 18.3. The SMILES string of the molecule is CC(c1ccccc1C(F)(F)F)S(=O)(=O)NCCc1c(CCS(=O)(=O)c2ccc(CCC(=O)O)cc2)c2cc(Cl)ccc2n1C(c1ccccc1)c1ccccc1. The van der Waals surface area contributed by atoms with Crippen LogP contribution in [0.15, 0.2) is 132 Å². The summed E-state index contributed by atoms with van der Waals surface area (Å²) in [6, 6.07) is 34.8.